The zero-order valence-corrected chi connectivity index (χ0v) is 16.7. The first kappa shape index (κ1) is 19.8. The van der Waals surface area contributed by atoms with Crippen molar-refractivity contribution in [1.29, 1.82) is 0 Å². The molecule has 1 aromatic heterocycles. The highest BCUT2D eigenvalue weighted by Crippen LogP contribution is 2.31. The fraction of sp³-hybridized carbons (Fsp3) is 0.833. The molecule has 0 amide bonds. The average Bonchev–Trinajstić information content (AvgIpc) is 3.11. The lowest BCUT2D eigenvalue weighted by Crippen LogP contribution is -2.34. The Hall–Kier alpha value is -0.960. The Morgan fingerprint density at radius 1 is 1.35 bits per heavy atom. The van der Waals surface area contributed by atoms with Crippen LogP contribution in [-0.2, 0) is 32.4 Å². The van der Waals surface area contributed by atoms with Gasteiger partial charge in [0.1, 0.15) is 0 Å². The van der Waals surface area contributed by atoms with Gasteiger partial charge in [0.15, 0.2) is 0 Å². The molecule has 1 unspecified atom stereocenters. The van der Waals surface area contributed by atoms with Crippen molar-refractivity contribution in [2.24, 2.45) is 5.92 Å². The highest BCUT2D eigenvalue weighted by atomic mass is 32.2. The second-order valence-corrected chi connectivity index (χ2v) is 9.52. The van der Waals surface area contributed by atoms with E-state index in [-0.39, 0.29) is 10.9 Å². The predicted molar refractivity (Wildman–Crippen MR) is 98.8 cm³/mol. The van der Waals surface area contributed by atoms with Crippen molar-refractivity contribution in [3.63, 3.8) is 0 Å². The van der Waals surface area contributed by atoms with Crippen molar-refractivity contribution >= 4 is 9.84 Å². The summed E-state index contributed by atoms with van der Waals surface area (Å²) < 4.78 is 37.6. The summed E-state index contributed by atoms with van der Waals surface area (Å²) in [6, 6.07) is 0. The van der Waals surface area contributed by atoms with Gasteiger partial charge in [-0.3, -0.25) is 4.90 Å². The molecule has 1 aliphatic carbocycles. The van der Waals surface area contributed by atoms with Crippen molar-refractivity contribution in [3.8, 4) is 0 Å². The number of ether oxygens (including phenoxy) is 2. The van der Waals surface area contributed by atoms with E-state index in [0.717, 1.165) is 44.1 Å². The summed E-state index contributed by atoms with van der Waals surface area (Å²) in [5.74, 6) is 0.823. The molecular formula is C18H31N3O4S. The van der Waals surface area contributed by atoms with Crippen molar-refractivity contribution in [3.05, 3.63) is 11.9 Å². The van der Waals surface area contributed by atoms with Gasteiger partial charge in [-0.25, -0.2) is 13.4 Å². The van der Waals surface area contributed by atoms with E-state index in [1.165, 1.54) is 12.8 Å². The smallest absolute Gasteiger partial charge is 0.227 e. The minimum absolute atomic E-state index is 0.0537. The maximum absolute atomic E-state index is 12.4. The fourth-order valence-electron chi connectivity index (χ4n) is 3.49. The van der Waals surface area contributed by atoms with Gasteiger partial charge in [0.2, 0.25) is 15.0 Å². The van der Waals surface area contributed by atoms with Crippen molar-refractivity contribution in [1.82, 2.24) is 14.5 Å². The van der Waals surface area contributed by atoms with Gasteiger partial charge in [-0.05, 0) is 31.6 Å². The molecular weight excluding hydrogens is 354 g/mol. The maximum Gasteiger partial charge on any atom is 0.227 e. The van der Waals surface area contributed by atoms with E-state index in [1.54, 1.807) is 20.2 Å². The maximum atomic E-state index is 12.4. The van der Waals surface area contributed by atoms with Crippen LogP contribution in [0.1, 0.15) is 38.3 Å². The van der Waals surface area contributed by atoms with E-state index < -0.39 is 9.84 Å². The molecule has 1 aromatic rings. The fourth-order valence-corrected chi connectivity index (χ4v) is 4.51. The molecule has 8 heteroatoms. The number of imidazole rings is 1. The van der Waals surface area contributed by atoms with Crippen LogP contribution >= 0.6 is 0 Å². The Kier molecular flexibility index (Phi) is 6.71. The van der Waals surface area contributed by atoms with E-state index in [1.807, 2.05) is 4.57 Å². The quantitative estimate of drug-likeness (QED) is 0.577. The Bertz CT molecular complexity index is 679. The molecule has 1 saturated heterocycles. The summed E-state index contributed by atoms with van der Waals surface area (Å²) in [5.41, 5.74) is 0.938. The van der Waals surface area contributed by atoms with Crippen LogP contribution in [0, 0.1) is 5.92 Å². The molecule has 2 heterocycles. The summed E-state index contributed by atoms with van der Waals surface area (Å²) >= 11 is 0. The van der Waals surface area contributed by atoms with Gasteiger partial charge in [-0.2, -0.15) is 0 Å². The highest BCUT2D eigenvalue weighted by molar-refractivity contribution is 7.91. The molecule has 0 radical (unpaired) electrons. The topological polar surface area (TPSA) is 73.7 Å². The molecule has 1 saturated carbocycles. The van der Waals surface area contributed by atoms with Crippen LogP contribution in [-0.4, -0.2) is 68.1 Å². The number of hydrogen-bond donors (Lipinski definition) is 0. The molecule has 7 nitrogen and oxygen atoms in total. The minimum atomic E-state index is -3.35. The van der Waals surface area contributed by atoms with Gasteiger partial charge in [0.05, 0.1) is 30.4 Å². The van der Waals surface area contributed by atoms with E-state index >= 15 is 0 Å². The summed E-state index contributed by atoms with van der Waals surface area (Å²) in [4.78, 5) is 6.67. The third-order valence-electron chi connectivity index (χ3n) is 5.16. The van der Waals surface area contributed by atoms with Gasteiger partial charge in [0.25, 0.3) is 0 Å². The molecule has 2 fully saturated rings. The highest BCUT2D eigenvalue weighted by Gasteiger charge is 2.29. The molecule has 0 bridgehead atoms. The van der Waals surface area contributed by atoms with Gasteiger partial charge in [-0.1, -0.05) is 6.92 Å². The molecule has 2 aliphatic rings. The summed E-state index contributed by atoms with van der Waals surface area (Å²) in [5, 5.41) is 0.163. The Morgan fingerprint density at radius 3 is 2.77 bits per heavy atom. The molecule has 1 atom stereocenters. The lowest BCUT2D eigenvalue weighted by molar-refractivity contribution is 0.0678. The number of rotatable bonds is 11. The molecule has 3 rings (SSSR count). The number of hydrogen-bond acceptors (Lipinski definition) is 6. The Balaban J connectivity index is 1.78. The minimum Gasteiger partial charge on any atom is -0.383 e. The molecule has 148 valence electrons. The molecule has 0 spiro atoms. The molecule has 0 N–H and O–H groups in total. The van der Waals surface area contributed by atoms with Gasteiger partial charge in [0, 0.05) is 39.9 Å². The third-order valence-corrected chi connectivity index (χ3v) is 6.81. The monoisotopic (exact) mass is 385 g/mol. The van der Waals surface area contributed by atoms with E-state index in [2.05, 4.69) is 9.88 Å². The summed E-state index contributed by atoms with van der Waals surface area (Å²) in [6.45, 7) is 6.12. The first-order chi connectivity index (χ1) is 12.5. The lowest BCUT2D eigenvalue weighted by atomic mass is 10.2. The van der Waals surface area contributed by atoms with Crippen LogP contribution in [0.5, 0.6) is 0 Å². The van der Waals surface area contributed by atoms with Crippen LogP contribution in [0.25, 0.3) is 0 Å². The summed E-state index contributed by atoms with van der Waals surface area (Å²) in [7, 11) is -1.73. The SMILES string of the molecule is CCS(=O)(=O)c1ncc(CN(CC2CC2)CC2CCCO2)n1CCOC. The number of methoxy groups -OCH3 is 1. The second-order valence-electron chi connectivity index (χ2n) is 7.35. The van der Waals surface area contributed by atoms with Crippen LogP contribution in [0.3, 0.4) is 0 Å². The standard InChI is InChI=1S/C18H31N3O4S/c1-3-26(22,23)18-19-11-16(21(18)8-10-24-2)13-20(12-15-6-7-15)14-17-5-4-9-25-17/h11,15,17H,3-10,12-14H2,1-2H3. The normalized spacial score (nSPS) is 21.0. The summed E-state index contributed by atoms with van der Waals surface area (Å²) in [6.07, 6.45) is 6.84. The van der Waals surface area contributed by atoms with Crippen LogP contribution in [0.2, 0.25) is 0 Å². The molecule has 1 aliphatic heterocycles. The van der Waals surface area contributed by atoms with Crippen molar-refractivity contribution < 1.29 is 17.9 Å². The lowest BCUT2D eigenvalue weighted by Gasteiger charge is -2.25. The zero-order valence-electron chi connectivity index (χ0n) is 15.9. The van der Waals surface area contributed by atoms with Crippen LogP contribution < -0.4 is 0 Å². The van der Waals surface area contributed by atoms with Gasteiger partial charge < -0.3 is 14.0 Å². The first-order valence-electron chi connectivity index (χ1n) is 9.63. The van der Waals surface area contributed by atoms with E-state index in [9.17, 15) is 8.42 Å². The van der Waals surface area contributed by atoms with E-state index in [4.69, 9.17) is 9.47 Å². The van der Waals surface area contributed by atoms with Crippen LogP contribution in [0.15, 0.2) is 11.4 Å². The average molecular weight is 386 g/mol. The number of sulfone groups is 1. The first-order valence-corrected chi connectivity index (χ1v) is 11.3. The van der Waals surface area contributed by atoms with Crippen molar-refractivity contribution in [2.75, 3.05) is 39.2 Å². The zero-order chi connectivity index (χ0) is 18.6. The Morgan fingerprint density at radius 2 is 2.15 bits per heavy atom. The number of nitrogens with zero attached hydrogens (tertiary/aromatic N) is 3. The molecule has 26 heavy (non-hydrogen) atoms. The van der Waals surface area contributed by atoms with Gasteiger partial charge in [-0.15, -0.1) is 0 Å². The molecule has 0 aromatic carbocycles. The van der Waals surface area contributed by atoms with E-state index in [0.29, 0.717) is 25.8 Å². The Labute approximate surface area is 156 Å². The largest absolute Gasteiger partial charge is 0.383 e. The van der Waals surface area contributed by atoms with Gasteiger partial charge >= 0.3 is 0 Å². The predicted octanol–water partition coefficient (Wildman–Crippen LogP) is 1.71. The third kappa shape index (κ3) is 5.06. The van der Waals surface area contributed by atoms with Crippen LogP contribution in [0.4, 0.5) is 0 Å². The second kappa shape index (κ2) is 8.82. The van der Waals surface area contributed by atoms with Crippen molar-refractivity contribution in [2.45, 2.75) is 57.0 Å². The number of aromatic nitrogens is 2.